The summed E-state index contributed by atoms with van der Waals surface area (Å²) >= 11 is 0. The largest absolute Gasteiger partial charge is 0.366 e. The number of nitrogens with one attached hydrogen (secondary N) is 2. The fourth-order valence-corrected chi connectivity index (χ4v) is 3.26. The molecule has 2 saturated heterocycles. The summed E-state index contributed by atoms with van der Waals surface area (Å²) in [7, 11) is 0. The number of hydrogen-bond acceptors (Lipinski definition) is 3. The van der Waals surface area contributed by atoms with Gasteiger partial charge in [-0.3, -0.25) is 9.59 Å². The van der Waals surface area contributed by atoms with Gasteiger partial charge in [-0.15, -0.1) is 12.4 Å². The lowest BCUT2D eigenvalue weighted by Crippen LogP contribution is -2.48. The third-order valence-electron chi connectivity index (χ3n) is 4.22. The SMILES string of the molecule is Cl.NC(=O)c1cccc(C(=O)NC2CC3CCC(C2)N3)c1. The monoisotopic (exact) mass is 309 g/mol. The molecule has 0 aromatic heterocycles. The van der Waals surface area contributed by atoms with Crippen LogP contribution in [0, 0.1) is 0 Å². The van der Waals surface area contributed by atoms with Gasteiger partial charge >= 0.3 is 0 Å². The topological polar surface area (TPSA) is 84.2 Å². The zero-order valence-corrected chi connectivity index (χ0v) is 12.5. The zero-order valence-electron chi connectivity index (χ0n) is 11.7. The van der Waals surface area contributed by atoms with Crippen LogP contribution in [0.5, 0.6) is 0 Å². The van der Waals surface area contributed by atoms with E-state index in [0.717, 1.165) is 12.8 Å². The van der Waals surface area contributed by atoms with Crippen molar-refractivity contribution in [1.82, 2.24) is 10.6 Å². The van der Waals surface area contributed by atoms with E-state index >= 15 is 0 Å². The number of carbonyl (C=O) groups excluding carboxylic acids is 2. The van der Waals surface area contributed by atoms with Gasteiger partial charge in [0.15, 0.2) is 0 Å². The van der Waals surface area contributed by atoms with Crippen LogP contribution in [-0.2, 0) is 0 Å². The van der Waals surface area contributed by atoms with E-state index in [4.69, 9.17) is 5.73 Å². The molecule has 21 heavy (non-hydrogen) atoms. The Hall–Kier alpha value is -1.59. The summed E-state index contributed by atoms with van der Waals surface area (Å²) in [6, 6.07) is 7.85. The first-order valence-electron chi connectivity index (χ1n) is 7.08. The second-order valence-electron chi connectivity index (χ2n) is 5.72. The van der Waals surface area contributed by atoms with Gasteiger partial charge in [-0.05, 0) is 43.9 Å². The molecule has 2 aliphatic heterocycles. The lowest BCUT2D eigenvalue weighted by atomic mass is 9.99. The van der Waals surface area contributed by atoms with Gasteiger partial charge in [-0.25, -0.2) is 0 Å². The van der Waals surface area contributed by atoms with Crippen LogP contribution >= 0.6 is 12.4 Å². The van der Waals surface area contributed by atoms with Crippen molar-refractivity contribution in [3.05, 3.63) is 35.4 Å². The Labute approximate surface area is 130 Å². The van der Waals surface area contributed by atoms with Crippen molar-refractivity contribution in [2.45, 2.75) is 43.8 Å². The van der Waals surface area contributed by atoms with Crippen LogP contribution in [0.4, 0.5) is 0 Å². The third kappa shape index (κ3) is 3.54. The normalized spacial score (nSPS) is 26.8. The molecule has 2 amide bonds. The second kappa shape index (κ2) is 6.45. The quantitative estimate of drug-likeness (QED) is 0.785. The Morgan fingerprint density at radius 1 is 1.14 bits per heavy atom. The Kier molecular flexibility index (Phi) is 4.85. The number of piperidine rings is 1. The molecule has 1 aromatic rings. The summed E-state index contributed by atoms with van der Waals surface area (Å²) in [4.78, 5) is 23.4. The van der Waals surface area contributed by atoms with Gasteiger partial charge in [-0.2, -0.15) is 0 Å². The van der Waals surface area contributed by atoms with E-state index in [-0.39, 0.29) is 24.4 Å². The predicted molar refractivity (Wildman–Crippen MR) is 82.6 cm³/mol. The minimum absolute atomic E-state index is 0. The van der Waals surface area contributed by atoms with E-state index in [9.17, 15) is 9.59 Å². The molecule has 0 saturated carbocycles. The van der Waals surface area contributed by atoms with Crippen molar-refractivity contribution in [1.29, 1.82) is 0 Å². The number of nitrogens with two attached hydrogens (primary N) is 1. The molecular formula is C15H20ClN3O2. The highest BCUT2D eigenvalue weighted by Crippen LogP contribution is 2.26. The third-order valence-corrected chi connectivity index (χ3v) is 4.22. The standard InChI is InChI=1S/C15H19N3O2.ClH/c16-14(19)9-2-1-3-10(6-9)15(20)18-13-7-11-4-5-12(8-13)17-11;/h1-3,6,11-13,17H,4-5,7-8H2,(H2,16,19)(H,18,20);1H. The van der Waals surface area contributed by atoms with Crippen LogP contribution in [0.3, 0.4) is 0 Å². The Morgan fingerprint density at radius 3 is 2.38 bits per heavy atom. The van der Waals surface area contributed by atoms with Gasteiger partial charge in [0.1, 0.15) is 0 Å². The molecule has 2 unspecified atom stereocenters. The van der Waals surface area contributed by atoms with E-state index in [2.05, 4.69) is 10.6 Å². The number of rotatable bonds is 3. The maximum absolute atomic E-state index is 12.2. The van der Waals surface area contributed by atoms with Gasteiger partial charge in [0.25, 0.3) is 5.91 Å². The first-order valence-corrected chi connectivity index (χ1v) is 7.08. The molecule has 1 aromatic carbocycles. The first-order chi connectivity index (χ1) is 9.61. The van der Waals surface area contributed by atoms with Crippen LogP contribution in [0.15, 0.2) is 24.3 Å². The fraction of sp³-hybridized carbons (Fsp3) is 0.467. The molecule has 2 bridgehead atoms. The summed E-state index contributed by atoms with van der Waals surface area (Å²) in [5, 5.41) is 6.62. The van der Waals surface area contributed by atoms with Crippen LogP contribution in [0.25, 0.3) is 0 Å². The molecule has 3 rings (SSSR count). The molecule has 0 spiro atoms. The van der Waals surface area contributed by atoms with Gasteiger partial charge in [0.2, 0.25) is 5.91 Å². The Bertz CT molecular complexity index is 537. The smallest absolute Gasteiger partial charge is 0.251 e. The number of hydrogen-bond donors (Lipinski definition) is 3. The molecular weight excluding hydrogens is 290 g/mol. The second-order valence-corrected chi connectivity index (χ2v) is 5.72. The van der Waals surface area contributed by atoms with E-state index in [0.29, 0.717) is 23.2 Å². The van der Waals surface area contributed by atoms with Crippen molar-refractivity contribution in [3.63, 3.8) is 0 Å². The summed E-state index contributed by atoms with van der Waals surface area (Å²) in [6.45, 7) is 0. The van der Waals surface area contributed by atoms with Gasteiger partial charge in [-0.1, -0.05) is 6.07 Å². The predicted octanol–water partition coefficient (Wildman–Crippen LogP) is 1.22. The maximum Gasteiger partial charge on any atom is 0.251 e. The summed E-state index contributed by atoms with van der Waals surface area (Å²) in [5.41, 5.74) is 6.09. The van der Waals surface area contributed by atoms with E-state index < -0.39 is 5.91 Å². The molecule has 5 nitrogen and oxygen atoms in total. The zero-order chi connectivity index (χ0) is 14.1. The van der Waals surface area contributed by atoms with Crippen LogP contribution in [0.1, 0.15) is 46.4 Å². The number of amides is 2. The summed E-state index contributed by atoms with van der Waals surface area (Å²) in [5.74, 6) is -0.640. The minimum Gasteiger partial charge on any atom is -0.366 e. The number of halogens is 1. The molecule has 0 aliphatic carbocycles. The number of primary amides is 1. The lowest BCUT2D eigenvalue weighted by molar-refractivity contribution is 0.0924. The highest BCUT2D eigenvalue weighted by Gasteiger charge is 2.34. The number of benzene rings is 1. The van der Waals surface area contributed by atoms with Gasteiger partial charge in [0, 0.05) is 29.3 Å². The number of carbonyl (C=O) groups is 2. The molecule has 6 heteroatoms. The van der Waals surface area contributed by atoms with Crippen molar-refractivity contribution in [2.24, 2.45) is 5.73 Å². The lowest BCUT2D eigenvalue weighted by Gasteiger charge is -2.29. The van der Waals surface area contributed by atoms with E-state index in [1.165, 1.54) is 12.8 Å². The first kappa shape index (κ1) is 15.8. The molecule has 2 aliphatic rings. The highest BCUT2D eigenvalue weighted by molar-refractivity contribution is 5.99. The van der Waals surface area contributed by atoms with Crippen LogP contribution in [-0.4, -0.2) is 29.9 Å². The molecule has 2 fully saturated rings. The van der Waals surface area contributed by atoms with Gasteiger partial charge < -0.3 is 16.4 Å². The maximum atomic E-state index is 12.2. The summed E-state index contributed by atoms with van der Waals surface area (Å²) < 4.78 is 0. The highest BCUT2D eigenvalue weighted by atomic mass is 35.5. The van der Waals surface area contributed by atoms with Crippen molar-refractivity contribution < 1.29 is 9.59 Å². The number of fused-ring (bicyclic) bond motifs is 2. The van der Waals surface area contributed by atoms with E-state index in [1.807, 2.05) is 0 Å². The summed E-state index contributed by atoms with van der Waals surface area (Å²) in [6.07, 6.45) is 4.37. The van der Waals surface area contributed by atoms with Crippen LogP contribution in [0.2, 0.25) is 0 Å². The average molecular weight is 310 g/mol. The Morgan fingerprint density at radius 2 is 1.76 bits per heavy atom. The molecule has 2 atom stereocenters. The fourth-order valence-electron chi connectivity index (χ4n) is 3.26. The molecule has 2 heterocycles. The minimum atomic E-state index is -0.514. The molecule has 114 valence electrons. The molecule has 4 N–H and O–H groups in total. The average Bonchev–Trinajstić information content (AvgIpc) is 2.78. The van der Waals surface area contributed by atoms with Crippen molar-refractivity contribution >= 4 is 24.2 Å². The van der Waals surface area contributed by atoms with Crippen molar-refractivity contribution in [2.75, 3.05) is 0 Å². The van der Waals surface area contributed by atoms with Crippen molar-refractivity contribution in [3.8, 4) is 0 Å². The Balaban J connectivity index is 0.00000161. The molecule has 0 radical (unpaired) electrons. The van der Waals surface area contributed by atoms with Crippen LogP contribution < -0.4 is 16.4 Å². The van der Waals surface area contributed by atoms with Gasteiger partial charge in [0.05, 0.1) is 0 Å². The van der Waals surface area contributed by atoms with E-state index in [1.54, 1.807) is 24.3 Å².